The van der Waals surface area contributed by atoms with Gasteiger partial charge in [-0.1, -0.05) is 30.3 Å². The number of amides is 3. The lowest BCUT2D eigenvalue weighted by Gasteiger charge is -2.33. The van der Waals surface area contributed by atoms with Crippen molar-refractivity contribution in [2.75, 3.05) is 19.6 Å². The molecule has 1 atom stereocenters. The molecule has 2 aromatic carbocycles. The van der Waals surface area contributed by atoms with Crippen molar-refractivity contribution in [3.63, 3.8) is 0 Å². The number of rotatable bonds is 5. The number of hydrogen-bond donors (Lipinski definition) is 2. The molecule has 0 radical (unpaired) electrons. The van der Waals surface area contributed by atoms with E-state index in [-0.39, 0.29) is 17.9 Å². The molecule has 0 spiro atoms. The highest BCUT2D eigenvalue weighted by Gasteiger charge is 2.24. The first-order chi connectivity index (χ1) is 14.0. The summed E-state index contributed by atoms with van der Waals surface area (Å²) in [5.74, 6) is 0.195. The fraction of sp³-hybridized carbons (Fsp3) is 0.417. The van der Waals surface area contributed by atoms with Gasteiger partial charge in [-0.15, -0.1) is 0 Å². The van der Waals surface area contributed by atoms with Gasteiger partial charge in [0.25, 0.3) is 5.91 Å². The molecule has 29 heavy (non-hydrogen) atoms. The number of nitrogens with one attached hydrogen (secondary N) is 2. The Bertz CT molecular complexity index is 878. The van der Waals surface area contributed by atoms with Gasteiger partial charge in [-0.05, 0) is 68.0 Å². The quantitative estimate of drug-likeness (QED) is 0.802. The molecule has 2 aromatic rings. The maximum Gasteiger partial charge on any atom is 0.317 e. The van der Waals surface area contributed by atoms with Gasteiger partial charge in [-0.2, -0.15) is 0 Å². The van der Waals surface area contributed by atoms with Gasteiger partial charge in [0.05, 0.1) is 0 Å². The lowest BCUT2D eigenvalue weighted by Crippen LogP contribution is -2.44. The molecule has 2 N–H and O–H groups in total. The molecule has 1 aliphatic rings. The largest absolute Gasteiger partial charge is 0.348 e. The van der Waals surface area contributed by atoms with E-state index in [1.54, 1.807) is 0 Å². The van der Waals surface area contributed by atoms with Crippen molar-refractivity contribution < 1.29 is 9.59 Å². The van der Waals surface area contributed by atoms with E-state index in [1.807, 2.05) is 30.0 Å². The molecule has 1 saturated heterocycles. The summed E-state index contributed by atoms with van der Waals surface area (Å²) in [6.07, 6.45) is 2.01. The molecule has 0 unspecified atom stereocenters. The summed E-state index contributed by atoms with van der Waals surface area (Å²) in [4.78, 5) is 26.7. The van der Waals surface area contributed by atoms with E-state index in [2.05, 4.69) is 48.7 Å². The number of urea groups is 1. The third-order valence-electron chi connectivity index (χ3n) is 5.68. The smallest absolute Gasteiger partial charge is 0.317 e. The van der Waals surface area contributed by atoms with Crippen molar-refractivity contribution in [1.29, 1.82) is 0 Å². The summed E-state index contributed by atoms with van der Waals surface area (Å²) in [6, 6.07) is 14.1. The predicted octanol–water partition coefficient (Wildman–Crippen LogP) is 4.14. The molecule has 154 valence electrons. The number of hydrogen-bond acceptors (Lipinski definition) is 2. The van der Waals surface area contributed by atoms with Gasteiger partial charge in [-0.25, -0.2) is 4.79 Å². The highest BCUT2D eigenvalue weighted by molar-refractivity contribution is 5.94. The lowest BCUT2D eigenvalue weighted by molar-refractivity contribution is 0.0950. The molecule has 0 saturated carbocycles. The normalized spacial score (nSPS) is 16.4. The Kier molecular flexibility index (Phi) is 6.91. The summed E-state index contributed by atoms with van der Waals surface area (Å²) >= 11 is 0. The highest BCUT2D eigenvalue weighted by Crippen LogP contribution is 2.27. The van der Waals surface area contributed by atoms with Crippen LogP contribution in [-0.2, 0) is 6.54 Å². The van der Waals surface area contributed by atoms with Crippen molar-refractivity contribution in [2.24, 2.45) is 0 Å². The van der Waals surface area contributed by atoms with Crippen LogP contribution in [0.1, 0.15) is 58.3 Å². The molecule has 0 bridgehead atoms. The molecule has 1 aliphatic heterocycles. The Morgan fingerprint density at radius 3 is 2.66 bits per heavy atom. The molecule has 0 aromatic heterocycles. The van der Waals surface area contributed by atoms with Crippen LogP contribution in [0.2, 0.25) is 0 Å². The molecular formula is C24H31N3O2. The number of likely N-dealkylation sites (tertiary alicyclic amines) is 1. The Morgan fingerprint density at radius 2 is 1.90 bits per heavy atom. The number of nitrogens with zero attached hydrogens (tertiary/aromatic N) is 1. The van der Waals surface area contributed by atoms with Crippen molar-refractivity contribution >= 4 is 11.9 Å². The van der Waals surface area contributed by atoms with Crippen LogP contribution in [0, 0.1) is 13.8 Å². The first-order valence-corrected chi connectivity index (χ1v) is 10.4. The first kappa shape index (κ1) is 20.9. The minimum atomic E-state index is -0.0681. The van der Waals surface area contributed by atoms with Gasteiger partial charge in [-0.3, -0.25) is 4.79 Å². The van der Waals surface area contributed by atoms with Crippen LogP contribution in [0.3, 0.4) is 0 Å². The van der Waals surface area contributed by atoms with Gasteiger partial charge in [0.1, 0.15) is 0 Å². The van der Waals surface area contributed by atoms with Crippen molar-refractivity contribution in [3.8, 4) is 0 Å². The number of carbonyl (C=O) groups excluding carboxylic acids is 2. The fourth-order valence-corrected chi connectivity index (χ4v) is 3.83. The zero-order valence-corrected chi connectivity index (χ0v) is 17.6. The van der Waals surface area contributed by atoms with Gasteiger partial charge in [0, 0.05) is 37.7 Å². The van der Waals surface area contributed by atoms with Crippen LogP contribution in [-0.4, -0.2) is 36.5 Å². The zero-order chi connectivity index (χ0) is 20.8. The van der Waals surface area contributed by atoms with Crippen LogP contribution < -0.4 is 10.6 Å². The molecular weight excluding hydrogens is 362 g/mol. The van der Waals surface area contributed by atoms with E-state index in [1.165, 1.54) is 11.1 Å². The predicted molar refractivity (Wildman–Crippen MR) is 116 cm³/mol. The first-order valence-electron chi connectivity index (χ1n) is 10.4. The molecule has 1 fully saturated rings. The third-order valence-corrected chi connectivity index (χ3v) is 5.68. The van der Waals surface area contributed by atoms with Crippen LogP contribution in [0.25, 0.3) is 0 Å². The van der Waals surface area contributed by atoms with E-state index < -0.39 is 0 Å². The lowest BCUT2D eigenvalue weighted by atomic mass is 9.89. The maximum absolute atomic E-state index is 12.7. The maximum atomic E-state index is 12.7. The Hall–Kier alpha value is -2.82. The standard InChI is InChI=1S/C24H31N3O2/c1-4-25-24(29)27-12-6-9-22(16-27)20-7-5-8-21(14-20)23(28)26-15-19-11-10-17(2)18(3)13-19/h5,7-8,10-11,13-14,22H,4,6,9,12,15-16H2,1-3H3,(H,25,29)(H,26,28)/t22-/m1/s1. The average Bonchev–Trinajstić information content (AvgIpc) is 2.74. The second kappa shape index (κ2) is 9.59. The minimum absolute atomic E-state index is 0.000473. The van der Waals surface area contributed by atoms with Crippen LogP contribution >= 0.6 is 0 Å². The van der Waals surface area contributed by atoms with E-state index in [4.69, 9.17) is 0 Å². The molecule has 3 rings (SSSR count). The van der Waals surface area contributed by atoms with Gasteiger partial charge < -0.3 is 15.5 Å². The van der Waals surface area contributed by atoms with Crippen molar-refractivity contribution in [1.82, 2.24) is 15.5 Å². The van der Waals surface area contributed by atoms with E-state index in [0.29, 0.717) is 25.2 Å². The summed E-state index contributed by atoms with van der Waals surface area (Å²) in [7, 11) is 0. The van der Waals surface area contributed by atoms with Crippen LogP contribution in [0.5, 0.6) is 0 Å². The Labute approximate surface area is 173 Å². The summed E-state index contributed by atoms with van der Waals surface area (Å²) in [6.45, 7) is 8.73. The van der Waals surface area contributed by atoms with Crippen LogP contribution in [0.4, 0.5) is 4.79 Å². The topological polar surface area (TPSA) is 61.4 Å². The number of aryl methyl sites for hydroxylation is 2. The Balaban J connectivity index is 1.64. The second-order valence-electron chi connectivity index (χ2n) is 7.85. The molecule has 1 heterocycles. The van der Waals surface area contributed by atoms with E-state index >= 15 is 0 Å². The van der Waals surface area contributed by atoms with Gasteiger partial charge in [0.15, 0.2) is 0 Å². The third kappa shape index (κ3) is 5.37. The minimum Gasteiger partial charge on any atom is -0.348 e. The van der Waals surface area contributed by atoms with E-state index in [0.717, 1.165) is 30.5 Å². The summed E-state index contributed by atoms with van der Waals surface area (Å²) in [5, 5.41) is 5.90. The summed E-state index contributed by atoms with van der Waals surface area (Å²) < 4.78 is 0. The highest BCUT2D eigenvalue weighted by atomic mass is 16.2. The Morgan fingerprint density at radius 1 is 1.07 bits per heavy atom. The van der Waals surface area contributed by atoms with Gasteiger partial charge >= 0.3 is 6.03 Å². The molecule has 5 heteroatoms. The fourth-order valence-electron chi connectivity index (χ4n) is 3.83. The number of benzene rings is 2. The van der Waals surface area contributed by atoms with Crippen molar-refractivity contribution in [3.05, 3.63) is 70.3 Å². The van der Waals surface area contributed by atoms with Gasteiger partial charge in [0.2, 0.25) is 0 Å². The molecule has 5 nitrogen and oxygen atoms in total. The molecule has 0 aliphatic carbocycles. The second-order valence-corrected chi connectivity index (χ2v) is 7.85. The monoisotopic (exact) mass is 393 g/mol. The van der Waals surface area contributed by atoms with E-state index in [9.17, 15) is 9.59 Å². The summed E-state index contributed by atoms with van der Waals surface area (Å²) in [5.41, 5.74) is 5.37. The zero-order valence-electron chi connectivity index (χ0n) is 17.6. The number of carbonyl (C=O) groups is 2. The number of piperidine rings is 1. The van der Waals surface area contributed by atoms with Crippen LogP contribution in [0.15, 0.2) is 42.5 Å². The van der Waals surface area contributed by atoms with Crippen molar-refractivity contribution in [2.45, 2.75) is 46.1 Å². The molecule has 3 amide bonds. The SMILES string of the molecule is CCNC(=O)N1CCC[C@@H](c2cccc(C(=O)NCc3ccc(C)c(C)c3)c2)C1. The average molecular weight is 394 g/mol.